The van der Waals surface area contributed by atoms with Gasteiger partial charge in [0.1, 0.15) is 4.34 Å². The molecular weight excluding hydrogens is 279 g/mol. The van der Waals surface area contributed by atoms with Gasteiger partial charge < -0.3 is 0 Å². The zero-order chi connectivity index (χ0) is 8.72. The van der Waals surface area contributed by atoms with Crippen molar-refractivity contribution in [3.63, 3.8) is 0 Å². The van der Waals surface area contributed by atoms with Crippen molar-refractivity contribution in [3.05, 3.63) is 32.0 Å². The maximum atomic E-state index is 6.00. The first-order chi connectivity index (χ1) is 5.70. The summed E-state index contributed by atoms with van der Waals surface area (Å²) in [6, 6.07) is 5.93. The Morgan fingerprint density at radius 1 is 1.25 bits per heavy atom. The lowest BCUT2D eigenvalue weighted by Gasteiger charge is -1.92. The van der Waals surface area contributed by atoms with Crippen molar-refractivity contribution in [2.45, 2.75) is 0 Å². The van der Waals surface area contributed by atoms with E-state index in [1.54, 1.807) is 0 Å². The molecule has 0 radical (unpaired) electrons. The maximum Gasteiger partial charge on any atom is 0.113 e. The molecule has 2 rings (SSSR count). The summed E-state index contributed by atoms with van der Waals surface area (Å²) in [5, 5.41) is 1.65. The van der Waals surface area contributed by atoms with E-state index >= 15 is 0 Å². The van der Waals surface area contributed by atoms with Crippen molar-refractivity contribution in [2.24, 2.45) is 0 Å². The molecule has 1 heterocycles. The van der Waals surface area contributed by atoms with E-state index < -0.39 is 0 Å². The molecule has 0 amide bonds. The molecule has 62 valence electrons. The van der Waals surface area contributed by atoms with Crippen LogP contribution < -0.4 is 0 Å². The average molecular weight is 282 g/mol. The van der Waals surface area contributed by atoms with E-state index in [0.29, 0.717) is 9.36 Å². The highest BCUT2D eigenvalue weighted by Crippen LogP contribution is 2.41. The third-order valence-electron chi connectivity index (χ3n) is 1.57. The molecule has 0 saturated heterocycles. The summed E-state index contributed by atoms with van der Waals surface area (Å²) in [5.41, 5.74) is 0. The first-order valence-corrected chi connectivity index (χ1v) is 5.58. The smallest absolute Gasteiger partial charge is 0.113 e. The fourth-order valence-electron chi connectivity index (χ4n) is 1.04. The first-order valence-electron chi connectivity index (χ1n) is 3.22. The zero-order valence-electron chi connectivity index (χ0n) is 5.77. The molecule has 0 saturated carbocycles. The largest absolute Gasteiger partial charge is 0.122 e. The Bertz CT molecular complexity index is 436. The molecule has 1 aromatic carbocycles. The van der Waals surface area contributed by atoms with Gasteiger partial charge in [0.25, 0.3) is 0 Å². The minimum absolute atomic E-state index is 0.643. The third kappa shape index (κ3) is 1.27. The van der Waals surface area contributed by atoms with Crippen LogP contribution in [-0.4, -0.2) is 0 Å². The van der Waals surface area contributed by atoms with Crippen molar-refractivity contribution >= 4 is 60.6 Å². The summed E-state index contributed by atoms with van der Waals surface area (Å²) in [6.45, 7) is 0. The van der Waals surface area contributed by atoms with Gasteiger partial charge in [-0.2, -0.15) is 0 Å². The van der Waals surface area contributed by atoms with Crippen LogP contribution in [0, 0.1) is 0 Å². The van der Waals surface area contributed by atoms with Gasteiger partial charge in [0.2, 0.25) is 0 Å². The monoisotopic (exact) mass is 280 g/mol. The Hall–Kier alpha value is 0.240. The van der Waals surface area contributed by atoms with Crippen LogP contribution in [0.4, 0.5) is 0 Å². The Morgan fingerprint density at radius 2 is 2.00 bits per heavy atom. The molecule has 0 atom stereocenters. The highest BCUT2D eigenvalue weighted by molar-refractivity contribution is 9.10. The molecule has 0 nitrogen and oxygen atoms in total. The maximum absolute atomic E-state index is 6.00. The molecule has 2 aromatic rings. The molecule has 1 aromatic heterocycles. The molecule has 12 heavy (non-hydrogen) atoms. The molecule has 0 unspecified atom stereocenters. The molecule has 4 heteroatoms. The lowest BCUT2D eigenvalue weighted by Crippen LogP contribution is -1.66. The molecular formula is C8H3BrCl2S. The molecule has 0 fully saturated rings. The fourth-order valence-corrected chi connectivity index (χ4v) is 3.42. The average Bonchev–Trinajstić information content (AvgIpc) is 2.29. The summed E-state index contributed by atoms with van der Waals surface area (Å²) < 4.78 is 2.76. The Kier molecular flexibility index (Phi) is 2.34. The summed E-state index contributed by atoms with van der Waals surface area (Å²) in [5.74, 6) is 0. The van der Waals surface area contributed by atoms with Gasteiger partial charge in [-0.15, -0.1) is 11.3 Å². The van der Waals surface area contributed by atoms with Gasteiger partial charge >= 0.3 is 0 Å². The second-order valence-electron chi connectivity index (χ2n) is 2.30. The number of hydrogen-bond donors (Lipinski definition) is 0. The van der Waals surface area contributed by atoms with Crippen LogP contribution in [0.2, 0.25) is 9.36 Å². The normalized spacial score (nSPS) is 10.9. The van der Waals surface area contributed by atoms with E-state index in [0.717, 1.165) is 14.6 Å². The van der Waals surface area contributed by atoms with Crippen LogP contribution in [0.15, 0.2) is 22.7 Å². The molecule has 0 aliphatic heterocycles. The highest BCUT2D eigenvalue weighted by atomic mass is 79.9. The van der Waals surface area contributed by atoms with E-state index in [2.05, 4.69) is 15.9 Å². The lowest BCUT2D eigenvalue weighted by molar-refractivity contribution is 1.79. The Balaban J connectivity index is 2.97. The minimum atomic E-state index is 0.643. The van der Waals surface area contributed by atoms with Crippen molar-refractivity contribution in [2.75, 3.05) is 0 Å². The number of hydrogen-bond acceptors (Lipinski definition) is 1. The molecule has 0 N–H and O–H groups in total. The van der Waals surface area contributed by atoms with Gasteiger partial charge in [-0.05, 0) is 12.1 Å². The SMILES string of the molecule is Clc1sc2cccc(Br)c2c1Cl. The summed E-state index contributed by atoms with van der Waals surface area (Å²) in [6.07, 6.45) is 0. The van der Waals surface area contributed by atoms with Crippen LogP contribution in [0.1, 0.15) is 0 Å². The van der Waals surface area contributed by atoms with Gasteiger partial charge in [0.05, 0.1) is 5.02 Å². The molecule has 0 spiro atoms. The van der Waals surface area contributed by atoms with Crippen molar-refractivity contribution in [3.8, 4) is 0 Å². The van der Waals surface area contributed by atoms with Crippen LogP contribution in [0.5, 0.6) is 0 Å². The second-order valence-corrected chi connectivity index (χ2v) is 5.19. The second kappa shape index (κ2) is 3.18. The van der Waals surface area contributed by atoms with E-state index in [4.69, 9.17) is 23.2 Å². The van der Waals surface area contributed by atoms with Crippen molar-refractivity contribution < 1.29 is 0 Å². The van der Waals surface area contributed by atoms with Crippen LogP contribution >= 0.6 is 50.5 Å². The van der Waals surface area contributed by atoms with E-state index in [1.165, 1.54) is 11.3 Å². The summed E-state index contributed by atoms with van der Waals surface area (Å²) >= 11 is 16.8. The van der Waals surface area contributed by atoms with E-state index in [-0.39, 0.29) is 0 Å². The highest BCUT2D eigenvalue weighted by Gasteiger charge is 2.09. The number of rotatable bonds is 0. The number of fused-ring (bicyclic) bond motifs is 1. The fraction of sp³-hybridized carbons (Fsp3) is 0. The van der Waals surface area contributed by atoms with Gasteiger partial charge in [0.15, 0.2) is 0 Å². The number of benzene rings is 1. The van der Waals surface area contributed by atoms with Gasteiger partial charge in [-0.25, -0.2) is 0 Å². The Labute approximate surface area is 92.2 Å². The quantitative estimate of drug-likeness (QED) is 0.639. The zero-order valence-corrected chi connectivity index (χ0v) is 9.69. The number of halogens is 3. The molecule has 0 aliphatic rings. The third-order valence-corrected chi connectivity index (χ3v) is 4.18. The Morgan fingerprint density at radius 3 is 2.67 bits per heavy atom. The topological polar surface area (TPSA) is 0 Å². The van der Waals surface area contributed by atoms with Crippen LogP contribution in [0.25, 0.3) is 10.1 Å². The van der Waals surface area contributed by atoms with Gasteiger partial charge in [-0.3, -0.25) is 0 Å². The van der Waals surface area contributed by atoms with Gasteiger partial charge in [0, 0.05) is 14.6 Å². The first kappa shape index (κ1) is 8.82. The van der Waals surface area contributed by atoms with E-state index in [9.17, 15) is 0 Å². The standard InChI is InChI=1S/C8H3BrCl2S/c9-4-2-1-3-5-6(4)7(10)8(11)12-5/h1-3H. The van der Waals surface area contributed by atoms with Crippen molar-refractivity contribution in [1.29, 1.82) is 0 Å². The van der Waals surface area contributed by atoms with Crippen molar-refractivity contribution in [1.82, 2.24) is 0 Å². The summed E-state index contributed by atoms with van der Waals surface area (Å²) in [4.78, 5) is 0. The molecule has 0 bridgehead atoms. The van der Waals surface area contributed by atoms with E-state index in [1.807, 2.05) is 18.2 Å². The predicted octanol–water partition coefficient (Wildman–Crippen LogP) is 4.97. The van der Waals surface area contributed by atoms with Crippen LogP contribution in [-0.2, 0) is 0 Å². The van der Waals surface area contributed by atoms with Gasteiger partial charge in [-0.1, -0.05) is 45.2 Å². The molecule has 0 aliphatic carbocycles. The lowest BCUT2D eigenvalue weighted by atomic mass is 10.3. The number of thiophene rings is 1. The predicted molar refractivity (Wildman–Crippen MR) is 59.5 cm³/mol. The van der Waals surface area contributed by atoms with Crippen LogP contribution in [0.3, 0.4) is 0 Å². The summed E-state index contributed by atoms with van der Waals surface area (Å²) in [7, 11) is 0. The minimum Gasteiger partial charge on any atom is -0.122 e.